The van der Waals surface area contributed by atoms with E-state index in [1.54, 1.807) is 16.0 Å². The first-order valence-electron chi connectivity index (χ1n) is 8.38. The topological polar surface area (TPSA) is 88.5 Å². The number of hydrogen-bond acceptors (Lipinski definition) is 5. The van der Waals surface area contributed by atoms with Crippen molar-refractivity contribution >= 4 is 45.0 Å². The van der Waals surface area contributed by atoms with Crippen LogP contribution < -0.4 is 5.32 Å². The third kappa shape index (κ3) is 2.96. The molecule has 0 atom stereocenters. The molecule has 27 heavy (non-hydrogen) atoms. The molecule has 5 rings (SSSR count). The highest BCUT2D eigenvalue weighted by atomic mass is 32.1. The van der Waals surface area contributed by atoms with Crippen LogP contribution in [0.3, 0.4) is 0 Å². The number of aromatic amines is 1. The van der Waals surface area contributed by atoms with Crippen LogP contribution in [0.4, 0.5) is 5.69 Å². The Kier molecular flexibility index (Phi) is 3.68. The summed E-state index contributed by atoms with van der Waals surface area (Å²) in [6.45, 7) is 0.0992. The Labute approximate surface area is 157 Å². The summed E-state index contributed by atoms with van der Waals surface area (Å²) in [5, 5.41) is 13.0. The minimum atomic E-state index is -0.164. The molecule has 7 nitrogen and oxygen atoms in total. The number of H-pyrrole nitrogens is 1. The number of imidazole rings is 1. The highest BCUT2D eigenvalue weighted by molar-refractivity contribution is 7.13. The average molecular weight is 374 g/mol. The molecule has 0 aliphatic rings. The minimum absolute atomic E-state index is 0.0992. The summed E-state index contributed by atoms with van der Waals surface area (Å²) >= 11 is 1.63. The predicted octanol–water partition coefficient (Wildman–Crippen LogP) is 3.67. The van der Waals surface area contributed by atoms with Crippen molar-refractivity contribution in [1.29, 1.82) is 0 Å². The van der Waals surface area contributed by atoms with Gasteiger partial charge in [-0.1, -0.05) is 23.4 Å². The van der Waals surface area contributed by atoms with E-state index in [0.29, 0.717) is 5.69 Å². The first-order chi connectivity index (χ1) is 13.3. The van der Waals surface area contributed by atoms with E-state index in [1.807, 2.05) is 60.0 Å². The number of nitrogens with zero attached hydrogens (tertiary/aromatic N) is 4. The molecule has 0 radical (unpaired) electrons. The number of nitrogens with one attached hydrogen (secondary N) is 2. The highest BCUT2D eigenvalue weighted by Crippen LogP contribution is 2.26. The molecule has 2 N–H and O–H groups in total. The molecule has 0 saturated heterocycles. The van der Waals surface area contributed by atoms with Gasteiger partial charge in [0.2, 0.25) is 5.91 Å². The molecule has 3 aromatic heterocycles. The lowest BCUT2D eigenvalue weighted by molar-refractivity contribution is -0.116. The second-order valence-electron chi connectivity index (χ2n) is 6.08. The predicted molar refractivity (Wildman–Crippen MR) is 106 cm³/mol. The van der Waals surface area contributed by atoms with E-state index in [1.165, 1.54) is 0 Å². The van der Waals surface area contributed by atoms with Gasteiger partial charge in [0.25, 0.3) is 0 Å². The number of anilines is 1. The van der Waals surface area contributed by atoms with Crippen LogP contribution >= 0.6 is 11.3 Å². The van der Waals surface area contributed by atoms with E-state index in [9.17, 15) is 4.79 Å². The monoisotopic (exact) mass is 374 g/mol. The van der Waals surface area contributed by atoms with E-state index in [-0.39, 0.29) is 12.5 Å². The highest BCUT2D eigenvalue weighted by Gasteiger charge is 2.11. The number of aromatic nitrogens is 5. The lowest BCUT2D eigenvalue weighted by Crippen LogP contribution is -2.19. The normalized spacial score (nSPS) is 11.3. The minimum Gasteiger partial charge on any atom is -0.337 e. The zero-order valence-corrected chi connectivity index (χ0v) is 14.9. The Morgan fingerprint density at radius 2 is 2.04 bits per heavy atom. The Balaban J connectivity index is 1.36. The van der Waals surface area contributed by atoms with E-state index in [2.05, 4.69) is 25.6 Å². The molecule has 0 saturated carbocycles. The van der Waals surface area contributed by atoms with Gasteiger partial charge in [-0.3, -0.25) is 4.79 Å². The van der Waals surface area contributed by atoms with Crippen molar-refractivity contribution in [2.75, 3.05) is 5.32 Å². The summed E-state index contributed by atoms with van der Waals surface area (Å²) in [7, 11) is 0. The third-order valence-corrected chi connectivity index (χ3v) is 5.11. The molecule has 1 amide bonds. The second kappa shape index (κ2) is 6.33. The van der Waals surface area contributed by atoms with Crippen LogP contribution in [-0.2, 0) is 11.3 Å². The molecule has 0 bridgehead atoms. The summed E-state index contributed by atoms with van der Waals surface area (Å²) < 4.78 is 1.59. The Morgan fingerprint density at radius 3 is 2.93 bits per heavy atom. The molecule has 0 aliphatic heterocycles. The van der Waals surface area contributed by atoms with Crippen molar-refractivity contribution < 1.29 is 4.79 Å². The summed E-state index contributed by atoms with van der Waals surface area (Å²) in [5.74, 6) is 0.667. The summed E-state index contributed by atoms with van der Waals surface area (Å²) in [6, 6.07) is 17.2. The molecule has 3 heterocycles. The van der Waals surface area contributed by atoms with Crippen LogP contribution in [0.1, 0.15) is 0 Å². The van der Waals surface area contributed by atoms with E-state index in [4.69, 9.17) is 0 Å². The van der Waals surface area contributed by atoms with Crippen LogP contribution in [0.25, 0.3) is 32.8 Å². The van der Waals surface area contributed by atoms with Gasteiger partial charge in [0.15, 0.2) is 0 Å². The molecule has 0 unspecified atom stereocenters. The standard InChI is InChI=1S/C19H14N6OS/c26-18(11-25-16-5-2-1-4-14(16)23-24-25)20-12-7-8-13-15(10-12)22-19(21-13)17-6-3-9-27-17/h1-10H,11H2,(H,20,26)(H,21,22). The molecule has 8 heteroatoms. The molecule has 0 aliphatic carbocycles. The number of benzene rings is 2. The molecule has 0 fully saturated rings. The van der Waals surface area contributed by atoms with Crippen molar-refractivity contribution in [2.24, 2.45) is 0 Å². The number of para-hydroxylation sites is 1. The van der Waals surface area contributed by atoms with Crippen molar-refractivity contribution in [2.45, 2.75) is 6.54 Å². The number of thiophene rings is 1. The van der Waals surface area contributed by atoms with E-state index in [0.717, 1.165) is 32.8 Å². The number of carbonyl (C=O) groups is 1. The number of amides is 1. The number of carbonyl (C=O) groups excluding carboxylic acids is 1. The van der Waals surface area contributed by atoms with E-state index >= 15 is 0 Å². The Morgan fingerprint density at radius 1 is 1.11 bits per heavy atom. The maximum atomic E-state index is 12.4. The van der Waals surface area contributed by atoms with Crippen molar-refractivity contribution in [3.8, 4) is 10.7 Å². The fourth-order valence-electron chi connectivity index (χ4n) is 2.99. The van der Waals surface area contributed by atoms with Crippen LogP contribution in [0.5, 0.6) is 0 Å². The molecule has 132 valence electrons. The summed E-state index contributed by atoms with van der Waals surface area (Å²) in [4.78, 5) is 21.4. The van der Waals surface area contributed by atoms with Gasteiger partial charge < -0.3 is 10.3 Å². The van der Waals surface area contributed by atoms with Crippen LogP contribution in [0, 0.1) is 0 Å². The fraction of sp³-hybridized carbons (Fsp3) is 0.0526. The van der Waals surface area contributed by atoms with Crippen LogP contribution in [0.15, 0.2) is 60.0 Å². The molecule has 5 aromatic rings. The maximum absolute atomic E-state index is 12.4. The van der Waals surface area contributed by atoms with Gasteiger partial charge >= 0.3 is 0 Å². The van der Waals surface area contributed by atoms with Gasteiger partial charge in [-0.05, 0) is 41.8 Å². The van der Waals surface area contributed by atoms with E-state index < -0.39 is 0 Å². The maximum Gasteiger partial charge on any atom is 0.246 e. The quantitative estimate of drug-likeness (QED) is 0.502. The number of rotatable bonds is 4. The summed E-state index contributed by atoms with van der Waals surface area (Å²) in [6.07, 6.45) is 0. The number of hydrogen-bond donors (Lipinski definition) is 2. The SMILES string of the molecule is O=C(Cn1nnc2ccccc21)Nc1ccc2nc(-c3cccs3)[nH]c2c1. The molecule has 2 aromatic carbocycles. The van der Waals surface area contributed by atoms with Crippen LogP contribution in [0.2, 0.25) is 0 Å². The first-order valence-corrected chi connectivity index (χ1v) is 9.26. The lowest BCUT2D eigenvalue weighted by atomic mass is 10.2. The Bertz CT molecular complexity index is 1250. The lowest BCUT2D eigenvalue weighted by Gasteiger charge is -2.05. The fourth-order valence-corrected chi connectivity index (χ4v) is 3.66. The third-order valence-electron chi connectivity index (χ3n) is 4.23. The second-order valence-corrected chi connectivity index (χ2v) is 7.03. The van der Waals surface area contributed by atoms with Crippen molar-refractivity contribution in [3.05, 3.63) is 60.0 Å². The zero-order valence-electron chi connectivity index (χ0n) is 14.1. The summed E-state index contributed by atoms with van der Waals surface area (Å²) in [5.41, 5.74) is 4.04. The molecular weight excluding hydrogens is 360 g/mol. The largest absolute Gasteiger partial charge is 0.337 e. The van der Waals surface area contributed by atoms with Gasteiger partial charge in [0.05, 0.1) is 21.4 Å². The zero-order chi connectivity index (χ0) is 18.2. The van der Waals surface area contributed by atoms with Gasteiger partial charge in [-0.2, -0.15) is 0 Å². The van der Waals surface area contributed by atoms with Crippen LogP contribution in [-0.4, -0.2) is 30.9 Å². The number of fused-ring (bicyclic) bond motifs is 2. The van der Waals surface area contributed by atoms with Gasteiger partial charge in [0.1, 0.15) is 17.9 Å². The van der Waals surface area contributed by atoms with Gasteiger partial charge in [0, 0.05) is 5.69 Å². The molecular formula is C19H14N6OS. The average Bonchev–Trinajstić information content (AvgIpc) is 3.41. The Hall–Kier alpha value is -3.52. The van der Waals surface area contributed by atoms with Gasteiger partial charge in [-0.15, -0.1) is 16.4 Å². The first kappa shape index (κ1) is 15.7. The van der Waals surface area contributed by atoms with Crippen molar-refractivity contribution in [3.63, 3.8) is 0 Å². The van der Waals surface area contributed by atoms with Gasteiger partial charge in [-0.25, -0.2) is 9.67 Å². The smallest absolute Gasteiger partial charge is 0.246 e. The van der Waals surface area contributed by atoms with Crippen molar-refractivity contribution in [1.82, 2.24) is 25.0 Å². The molecule has 0 spiro atoms.